The molecule has 0 bridgehead atoms. The predicted molar refractivity (Wildman–Crippen MR) is 74.1 cm³/mol. The lowest BCUT2D eigenvalue weighted by molar-refractivity contribution is -0.141. The molecule has 1 fully saturated rings. The van der Waals surface area contributed by atoms with Crippen LogP contribution in [0.4, 0.5) is 10.5 Å². The van der Waals surface area contributed by atoms with E-state index in [0.717, 1.165) is 5.56 Å². The molecule has 20 heavy (non-hydrogen) atoms. The normalized spacial score (nSPS) is 17.9. The van der Waals surface area contributed by atoms with Crippen LogP contribution in [-0.4, -0.2) is 42.2 Å². The molecule has 2 N–H and O–H groups in total. The smallest absolute Gasteiger partial charge is 0.321 e. The standard InChI is InChI=1S/C14H18N2O4/c1-9-4-3-5-11(20-2)12(9)15-14(19)16-7-6-10(8-16)13(17)18/h3-5,10H,6-8H2,1-2H3,(H,15,19)(H,17,18). The fraction of sp³-hybridized carbons (Fsp3) is 0.429. The molecule has 1 aromatic rings. The van der Waals surface area contributed by atoms with Crippen molar-refractivity contribution in [2.75, 3.05) is 25.5 Å². The van der Waals surface area contributed by atoms with Crippen molar-refractivity contribution in [2.45, 2.75) is 13.3 Å². The number of aryl methyl sites for hydroxylation is 1. The Balaban J connectivity index is 2.08. The zero-order valence-electron chi connectivity index (χ0n) is 11.5. The fourth-order valence-electron chi connectivity index (χ4n) is 2.30. The summed E-state index contributed by atoms with van der Waals surface area (Å²) in [7, 11) is 1.54. The van der Waals surface area contributed by atoms with Gasteiger partial charge in [-0.3, -0.25) is 4.79 Å². The lowest BCUT2D eigenvalue weighted by Crippen LogP contribution is -2.34. The zero-order chi connectivity index (χ0) is 14.7. The van der Waals surface area contributed by atoms with E-state index in [-0.39, 0.29) is 12.6 Å². The van der Waals surface area contributed by atoms with Gasteiger partial charge in [-0.05, 0) is 25.0 Å². The third-order valence-corrected chi connectivity index (χ3v) is 3.51. The average Bonchev–Trinajstić information content (AvgIpc) is 2.91. The highest BCUT2D eigenvalue weighted by Crippen LogP contribution is 2.28. The minimum Gasteiger partial charge on any atom is -0.495 e. The Bertz CT molecular complexity index is 530. The molecule has 1 aromatic carbocycles. The number of urea groups is 1. The van der Waals surface area contributed by atoms with Crippen molar-refractivity contribution in [3.8, 4) is 5.75 Å². The molecule has 2 rings (SSSR count). The van der Waals surface area contributed by atoms with E-state index in [4.69, 9.17) is 9.84 Å². The highest BCUT2D eigenvalue weighted by molar-refractivity contribution is 5.92. The maximum Gasteiger partial charge on any atom is 0.321 e. The Morgan fingerprint density at radius 3 is 2.80 bits per heavy atom. The van der Waals surface area contributed by atoms with Gasteiger partial charge in [0.05, 0.1) is 18.7 Å². The van der Waals surface area contributed by atoms with Gasteiger partial charge in [0.2, 0.25) is 0 Å². The summed E-state index contributed by atoms with van der Waals surface area (Å²) in [5.41, 5.74) is 1.52. The molecule has 1 atom stereocenters. The number of carbonyl (C=O) groups excluding carboxylic acids is 1. The van der Waals surface area contributed by atoms with Crippen LogP contribution in [0.2, 0.25) is 0 Å². The molecule has 108 valence electrons. The van der Waals surface area contributed by atoms with Crippen LogP contribution in [0.15, 0.2) is 18.2 Å². The summed E-state index contributed by atoms with van der Waals surface area (Å²) in [5, 5.41) is 11.8. The first-order valence-electron chi connectivity index (χ1n) is 6.45. The molecule has 0 spiro atoms. The molecule has 1 aliphatic rings. The number of ether oxygens (including phenoxy) is 1. The minimum absolute atomic E-state index is 0.245. The summed E-state index contributed by atoms with van der Waals surface area (Å²) in [6, 6.07) is 5.20. The third-order valence-electron chi connectivity index (χ3n) is 3.51. The number of nitrogens with one attached hydrogen (secondary N) is 1. The first-order chi connectivity index (χ1) is 9.52. The van der Waals surface area contributed by atoms with Gasteiger partial charge in [-0.1, -0.05) is 12.1 Å². The monoisotopic (exact) mass is 278 g/mol. The van der Waals surface area contributed by atoms with Crippen LogP contribution in [0.5, 0.6) is 5.75 Å². The summed E-state index contributed by atoms with van der Waals surface area (Å²) in [6.45, 7) is 2.58. The number of likely N-dealkylation sites (tertiary alicyclic amines) is 1. The van der Waals surface area contributed by atoms with Gasteiger partial charge in [0.25, 0.3) is 0 Å². The van der Waals surface area contributed by atoms with Crippen molar-refractivity contribution < 1.29 is 19.4 Å². The molecule has 0 aliphatic carbocycles. The molecular weight excluding hydrogens is 260 g/mol. The maximum atomic E-state index is 12.2. The minimum atomic E-state index is -0.853. The van der Waals surface area contributed by atoms with E-state index < -0.39 is 11.9 Å². The van der Waals surface area contributed by atoms with Crippen molar-refractivity contribution in [1.82, 2.24) is 4.90 Å². The van der Waals surface area contributed by atoms with Gasteiger partial charge >= 0.3 is 12.0 Å². The predicted octanol–water partition coefficient (Wildman–Crippen LogP) is 1.94. The second-order valence-corrected chi connectivity index (χ2v) is 4.85. The summed E-state index contributed by atoms with van der Waals surface area (Å²) in [4.78, 5) is 24.6. The van der Waals surface area contributed by atoms with Crippen LogP contribution in [0.25, 0.3) is 0 Å². The van der Waals surface area contributed by atoms with Crippen LogP contribution in [0, 0.1) is 12.8 Å². The van der Waals surface area contributed by atoms with Crippen LogP contribution in [-0.2, 0) is 4.79 Å². The van der Waals surface area contributed by atoms with Gasteiger partial charge in [0, 0.05) is 13.1 Å². The van der Waals surface area contributed by atoms with Crippen molar-refractivity contribution in [3.63, 3.8) is 0 Å². The van der Waals surface area contributed by atoms with Crippen LogP contribution >= 0.6 is 0 Å². The van der Waals surface area contributed by atoms with E-state index >= 15 is 0 Å². The molecule has 1 unspecified atom stereocenters. The summed E-state index contributed by atoms with van der Waals surface area (Å²) in [6.07, 6.45) is 0.494. The molecule has 0 radical (unpaired) electrons. The molecule has 6 nitrogen and oxygen atoms in total. The second kappa shape index (κ2) is 5.81. The molecule has 0 saturated carbocycles. The first-order valence-corrected chi connectivity index (χ1v) is 6.45. The van der Waals surface area contributed by atoms with Gasteiger partial charge < -0.3 is 20.1 Å². The van der Waals surface area contributed by atoms with E-state index in [0.29, 0.717) is 24.4 Å². The van der Waals surface area contributed by atoms with E-state index in [2.05, 4.69) is 5.32 Å². The molecular formula is C14H18N2O4. The van der Waals surface area contributed by atoms with Gasteiger partial charge in [0.15, 0.2) is 0 Å². The van der Waals surface area contributed by atoms with Crippen LogP contribution < -0.4 is 10.1 Å². The second-order valence-electron chi connectivity index (χ2n) is 4.85. The van der Waals surface area contributed by atoms with Crippen LogP contribution in [0.3, 0.4) is 0 Å². The number of amides is 2. The number of carbonyl (C=O) groups is 2. The Kier molecular flexibility index (Phi) is 4.12. The number of carboxylic acid groups (broad SMARTS) is 1. The highest BCUT2D eigenvalue weighted by Gasteiger charge is 2.31. The van der Waals surface area contributed by atoms with E-state index in [9.17, 15) is 9.59 Å². The van der Waals surface area contributed by atoms with Crippen molar-refractivity contribution in [2.24, 2.45) is 5.92 Å². The summed E-state index contributed by atoms with van der Waals surface area (Å²) < 4.78 is 5.22. The lowest BCUT2D eigenvalue weighted by Gasteiger charge is -2.19. The Morgan fingerprint density at radius 2 is 2.20 bits per heavy atom. The third kappa shape index (κ3) is 2.84. The van der Waals surface area contributed by atoms with Gasteiger partial charge in [-0.25, -0.2) is 4.79 Å². The quantitative estimate of drug-likeness (QED) is 0.885. The highest BCUT2D eigenvalue weighted by atomic mass is 16.5. The molecule has 1 saturated heterocycles. The number of benzene rings is 1. The van der Waals surface area contributed by atoms with Crippen LogP contribution in [0.1, 0.15) is 12.0 Å². The molecule has 0 aromatic heterocycles. The molecule has 2 amide bonds. The van der Waals surface area contributed by atoms with Crippen molar-refractivity contribution in [1.29, 1.82) is 0 Å². The number of hydrogen-bond acceptors (Lipinski definition) is 3. The Labute approximate surface area is 117 Å². The molecule has 1 heterocycles. The number of anilines is 1. The number of aliphatic carboxylic acids is 1. The summed E-state index contributed by atoms with van der Waals surface area (Å²) in [5.74, 6) is -0.736. The average molecular weight is 278 g/mol. The van der Waals surface area contributed by atoms with Gasteiger partial charge in [0.1, 0.15) is 5.75 Å². The van der Waals surface area contributed by atoms with E-state index in [1.165, 1.54) is 4.90 Å². The number of nitrogens with zero attached hydrogens (tertiary/aromatic N) is 1. The SMILES string of the molecule is COc1cccc(C)c1NC(=O)N1CCC(C(=O)O)C1. The van der Waals surface area contributed by atoms with Crippen molar-refractivity contribution >= 4 is 17.7 Å². The Morgan fingerprint density at radius 1 is 1.45 bits per heavy atom. The number of hydrogen-bond donors (Lipinski definition) is 2. The topological polar surface area (TPSA) is 78.9 Å². The number of methoxy groups -OCH3 is 1. The zero-order valence-corrected chi connectivity index (χ0v) is 11.5. The Hall–Kier alpha value is -2.24. The number of carboxylic acids is 1. The molecule has 1 aliphatic heterocycles. The number of para-hydroxylation sites is 1. The first kappa shape index (κ1) is 14.2. The van der Waals surface area contributed by atoms with E-state index in [1.54, 1.807) is 13.2 Å². The van der Waals surface area contributed by atoms with Gasteiger partial charge in [-0.15, -0.1) is 0 Å². The fourth-order valence-corrected chi connectivity index (χ4v) is 2.30. The lowest BCUT2D eigenvalue weighted by atomic mass is 10.1. The number of rotatable bonds is 3. The molecule has 6 heteroatoms. The summed E-state index contributed by atoms with van der Waals surface area (Å²) >= 11 is 0. The van der Waals surface area contributed by atoms with Gasteiger partial charge in [-0.2, -0.15) is 0 Å². The van der Waals surface area contributed by atoms with E-state index in [1.807, 2.05) is 19.1 Å². The van der Waals surface area contributed by atoms with Crippen molar-refractivity contribution in [3.05, 3.63) is 23.8 Å². The maximum absolute atomic E-state index is 12.2. The largest absolute Gasteiger partial charge is 0.495 e.